The summed E-state index contributed by atoms with van der Waals surface area (Å²) in [7, 11) is 2.90. The Morgan fingerprint density at radius 1 is 1.00 bits per heavy atom. The van der Waals surface area contributed by atoms with E-state index in [1.165, 1.54) is 27.2 Å². The molecule has 0 saturated carbocycles. The van der Waals surface area contributed by atoms with Crippen LogP contribution in [0.15, 0.2) is 42.5 Å². The first-order valence-corrected chi connectivity index (χ1v) is 7.74. The fourth-order valence-corrected chi connectivity index (χ4v) is 2.20. The van der Waals surface area contributed by atoms with Crippen LogP contribution >= 0.6 is 0 Å². The molecule has 0 radical (unpaired) electrons. The molecular weight excluding hydrogens is 338 g/mol. The molecule has 0 aliphatic heterocycles. The van der Waals surface area contributed by atoms with Crippen molar-refractivity contribution in [1.29, 1.82) is 0 Å². The maximum absolute atomic E-state index is 12.2. The van der Waals surface area contributed by atoms with Gasteiger partial charge < -0.3 is 19.5 Å². The Balaban J connectivity index is 2.00. The van der Waals surface area contributed by atoms with Gasteiger partial charge in [0.2, 0.25) is 0 Å². The van der Waals surface area contributed by atoms with Gasteiger partial charge in [-0.15, -0.1) is 0 Å². The number of benzene rings is 2. The first-order chi connectivity index (χ1) is 12.4. The molecule has 136 valence electrons. The second-order valence-electron chi connectivity index (χ2n) is 5.33. The molecule has 26 heavy (non-hydrogen) atoms. The van der Waals surface area contributed by atoms with Crippen LogP contribution < -0.4 is 14.8 Å². The molecule has 2 aromatic rings. The van der Waals surface area contributed by atoms with Gasteiger partial charge >= 0.3 is 5.97 Å². The van der Waals surface area contributed by atoms with E-state index in [1.807, 2.05) is 0 Å². The van der Waals surface area contributed by atoms with Gasteiger partial charge in [-0.1, -0.05) is 12.1 Å². The molecule has 0 atom stereocenters. The van der Waals surface area contributed by atoms with E-state index in [-0.39, 0.29) is 11.3 Å². The SMILES string of the molecule is COc1ccc(OC)c(C(=O)OCC(=O)Nc2cccc(C(C)=O)c2)c1. The van der Waals surface area contributed by atoms with E-state index >= 15 is 0 Å². The minimum atomic E-state index is -0.714. The van der Waals surface area contributed by atoms with Crippen molar-refractivity contribution in [2.45, 2.75) is 6.92 Å². The van der Waals surface area contributed by atoms with Gasteiger partial charge in [-0.2, -0.15) is 0 Å². The van der Waals surface area contributed by atoms with Crippen LogP contribution in [0.4, 0.5) is 5.69 Å². The Morgan fingerprint density at radius 2 is 1.77 bits per heavy atom. The number of Topliss-reactive ketones (excluding diaryl/α,β-unsaturated/α-hetero) is 1. The molecule has 0 aromatic heterocycles. The maximum atomic E-state index is 12.2. The van der Waals surface area contributed by atoms with Gasteiger partial charge in [0.15, 0.2) is 12.4 Å². The number of rotatable bonds is 7. The van der Waals surface area contributed by atoms with Crippen molar-refractivity contribution in [3.63, 3.8) is 0 Å². The summed E-state index contributed by atoms with van der Waals surface area (Å²) >= 11 is 0. The normalized spacial score (nSPS) is 9.96. The lowest BCUT2D eigenvalue weighted by Crippen LogP contribution is -2.21. The number of carbonyl (C=O) groups excluding carboxylic acids is 3. The summed E-state index contributed by atoms with van der Waals surface area (Å²) in [5.74, 6) is -0.583. The summed E-state index contributed by atoms with van der Waals surface area (Å²) < 4.78 is 15.2. The number of ketones is 1. The molecule has 1 N–H and O–H groups in total. The van der Waals surface area contributed by atoms with Crippen molar-refractivity contribution in [2.75, 3.05) is 26.1 Å². The van der Waals surface area contributed by atoms with E-state index in [0.29, 0.717) is 22.7 Å². The lowest BCUT2D eigenvalue weighted by molar-refractivity contribution is -0.119. The Bertz CT molecular complexity index is 831. The standard InChI is InChI=1S/C19H19NO6/c1-12(21)13-5-4-6-14(9-13)20-18(22)11-26-19(23)16-10-15(24-2)7-8-17(16)25-3/h4-10H,11H2,1-3H3,(H,20,22). The van der Waals surface area contributed by atoms with E-state index in [0.717, 1.165) is 0 Å². The summed E-state index contributed by atoms with van der Waals surface area (Å²) in [4.78, 5) is 35.6. The number of nitrogens with one attached hydrogen (secondary N) is 1. The number of hydrogen-bond acceptors (Lipinski definition) is 6. The monoisotopic (exact) mass is 357 g/mol. The number of methoxy groups -OCH3 is 2. The quantitative estimate of drug-likeness (QED) is 0.605. The lowest BCUT2D eigenvalue weighted by atomic mass is 10.1. The zero-order chi connectivity index (χ0) is 19.1. The smallest absolute Gasteiger partial charge is 0.342 e. The second kappa shape index (κ2) is 8.66. The predicted molar refractivity (Wildman–Crippen MR) is 94.9 cm³/mol. The van der Waals surface area contributed by atoms with E-state index in [4.69, 9.17) is 14.2 Å². The number of esters is 1. The Kier molecular flexibility index (Phi) is 6.32. The van der Waals surface area contributed by atoms with Gasteiger partial charge in [0, 0.05) is 11.3 Å². The first-order valence-electron chi connectivity index (χ1n) is 7.74. The number of hydrogen-bond donors (Lipinski definition) is 1. The highest BCUT2D eigenvalue weighted by atomic mass is 16.5. The largest absolute Gasteiger partial charge is 0.497 e. The Hall–Kier alpha value is -3.35. The number of carbonyl (C=O) groups is 3. The molecule has 7 nitrogen and oxygen atoms in total. The first kappa shape index (κ1) is 19.0. The van der Waals surface area contributed by atoms with E-state index in [9.17, 15) is 14.4 Å². The van der Waals surface area contributed by atoms with Crippen LogP contribution in [0, 0.1) is 0 Å². The highest BCUT2D eigenvalue weighted by molar-refractivity contribution is 5.99. The Labute approximate surface area is 150 Å². The highest BCUT2D eigenvalue weighted by Gasteiger charge is 2.16. The van der Waals surface area contributed by atoms with Gasteiger partial charge in [-0.25, -0.2) is 4.79 Å². The van der Waals surface area contributed by atoms with Crippen molar-refractivity contribution in [2.24, 2.45) is 0 Å². The minimum Gasteiger partial charge on any atom is -0.497 e. The van der Waals surface area contributed by atoms with Crippen LogP contribution in [0.1, 0.15) is 27.6 Å². The summed E-state index contributed by atoms with van der Waals surface area (Å²) in [6, 6.07) is 11.2. The van der Waals surface area contributed by atoms with Crippen molar-refractivity contribution >= 4 is 23.3 Å². The van der Waals surface area contributed by atoms with E-state index in [2.05, 4.69) is 5.32 Å². The molecule has 0 aliphatic carbocycles. The van der Waals surface area contributed by atoms with Crippen LogP contribution in [-0.4, -0.2) is 38.5 Å². The second-order valence-corrected chi connectivity index (χ2v) is 5.33. The molecule has 0 unspecified atom stereocenters. The molecule has 1 amide bonds. The van der Waals surface area contributed by atoms with Crippen molar-refractivity contribution in [3.8, 4) is 11.5 Å². The summed E-state index contributed by atoms with van der Waals surface area (Å²) in [5, 5.41) is 2.57. The lowest BCUT2D eigenvalue weighted by Gasteiger charge is -2.11. The summed E-state index contributed by atoms with van der Waals surface area (Å²) in [5.41, 5.74) is 1.07. The summed E-state index contributed by atoms with van der Waals surface area (Å²) in [6.07, 6.45) is 0. The molecule has 0 heterocycles. The fourth-order valence-electron chi connectivity index (χ4n) is 2.20. The number of amides is 1. The van der Waals surface area contributed by atoms with Crippen LogP contribution in [0.25, 0.3) is 0 Å². The topological polar surface area (TPSA) is 90.9 Å². The van der Waals surface area contributed by atoms with Crippen LogP contribution in [0.5, 0.6) is 11.5 Å². The average Bonchev–Trinajstić information content (AvgIpc) is 2.65. The average molecular weight is 357 g/mol. The van der Waals surface area contributed by atoms with Crippen molar-refractivity contribution in [1.82, 2.24) is 0 Å². The highest BCUT2D eigenvalue weighted by Crippen LogP contribution is 2.24. The molecule has 2 rings (SSSR count). The number of ether oxygens (including phenoxy) is 3. The van der Waals surface area contributed by atoms with Gasteiger partial charge in [-0.3, -0.25) is 9.59 Å². The van der Waals surface area contributed by atoms with Crippen LogP contribution in [-0.2, 0) is 9.53 Å². The van der Waals surface area contributed by atoms with Crippen molar-refractivity contribution < 1.29 is 28.6 Å². The molecule has 0 aliphatic rings. The van der Waals surface area contributed by atoms with E-state index < -0.39 is 18.5 Å². The van der Waals surface area contributed by atoms with Crippen molar-refractivity contribution in [3.05, 3.63) is 53.6 Å². The van der Waals surface area contributed by atoms with Gasteiger partial charge in [0.05, 0.1) is 14.2 Å². The number of anilines is 1. The predicted octanol–water partition coefficient (Wildman–Crippen LogP) is 2.70. The molecular formula is C19H19NO6. The third-order valence-corrected chi connectivity index (χ3v) is 3.51. The fraction of sp³-hybridized carbons (Fsp3) is 0.211. The van der Waals surface area contributed by atoms with Crippen LogP contribution in [0.2, 0.25) is 0 Å². The maximum Gasteiger partial charge on any atom is 0.342 e. The molecule has 0 fully saturated rings. The van der Waals surface area contributed by atoms with Gasteiger partial charge in [0.25, 0.3) is 5.91 Å². The van der Waals surface area contributed by atoms with Gasteiger partial charge in [-0.05, 0) is 37.3 Å². The minimum absolute atomic E-state index is 0.113. The molecule has 0 spiro atoms. The molecule has 0 saturated heterocycles. The summed E-state index contributed by atoms with van der Waals surface area (Å²) in [6.45, 7) is 0.952. The zero-order valence-corrected chi connectivity index (χ0v) is 14.7. The van der Waals surface area contributed by atoms with Crippen LogP contribution in [0.3, 0.4) is 0 Å². The molecule has 7 heteroatoms. The third-order valence-electron chi connectivity index (χ3n) is 3.51. The molecule has 0 bridgehead atoms. The van der Waals surface area contributed by atoms with E-state index in [1.54, 1.807) is 36.4 Å². The third kappa shape index (κ3) is 4.83. The Morgan fingerprint density at radius 3 is 2.42 bits per heavy atom. The zero-order valence-electron chi connectivity index (χ0n) is 14.7. The molecule has 2 aromatic carbocycles. The van der Waals surface area contributed by atoms with Gasteiger partial charge in [0.1, 0.15) is 17.1 Å².